The van der Waals surface area contributed by atoms with Crippen LogP contribution < -0.4 is 128 Å². The van der Waals surface area contributed by atoms with E-state index in [0.29, 0.717) is 0 Å². The standard InChI is InChI=1S/CH2O3.4Na.H2O4S.H2O/c2-1(3)4;;;;;1-5(2,3)4;/h(H2,2,3,4);;;;;(H2,1,2,3,4);1H2/q;4*+1;;/p-4. The fourth-order valence-electron chi connectivity index (χ4n) is 0. The fourth-order valence-corrected chi connectivity index (χ4v) is 0. The van der Waals surface area contributed by atoms with E-state index in [2.05, 4.69) is 0 Å². The van der Waals surface area contributed by atoms with Gasteiger partial charge in [0.15, 0.2) is 0 Å². The second-order valence-corrected chi connectivity index (χ2v) is 1.47. The summed E-state index contributed by atoms with van der Waals surface area (Å²) in [6, 6.07) is 0. The van der Waals surface area contributed by atoms with Crippen molar-refractivity contribution in [3.8, 4) is 0 Å². The molecule has 0 unspecified atom stereocenters. The summed E-state index contributed by atoms with van der Waals surface area (Å²) in [6.07, 6.45) is -2.33. The maximum Gasteiger partial charge on any atom is 1.00 e. The van der Waals surface area contributed by atoms with Crippen LogP contribution in [0.4, 0.5) is 4.79 Å². The van der Waals surface area contributed by atoms with Gasteiger partial charge in [0.1, 0.15) is 0 Å². The molecule has 0 amide bonds. The Morgan fingerprint density at radius 2 is 0.857 bits per heavy atom. The Kier molecular flexibility index (Phi) is 77.8. The summed E-state index contributed by atoms with van der Waals surface area (Å²) in [6.45, 7) is 0. The molecule has 8 nitrogen and oxygen atoms in total. The molecule has 0 fully saturated rings. The van der Waals surface area contributed by atoms with Crippen LogP contribution >= 0.6 is 0 Å². The summed E-state index contributed by atoms with van der Waals surface area (Å²) in [5.41, 5.74) is 0. The number of carbonyl (C=O) groups excluding carboxylic acids is 1. The number of carboxylic acid groups (broad SMARTS) is 2. The molecular formula is CH2Na4O8S. The van der Waals surface area contributed by atoms with E-state index in [4.69, 9.17) is 32.5 Å². The Bertz CT molecular complexity index is 164. The second-order valence-electron chi connectivity index (χ2n) is 0.658. The third-order valence-electron chi connectivity index (χ3n) is 0. The minimum absolute atomic E-state index is 0. The van der Waals surface area contributed by atoms with Crippen molar-refractivity contribution in [3.63, 3.8) is 0 Å². The average molecular weight is 266 g/mol. The van der Waals surface area contributed by atoms with Crippen LogP contribution in [0.3, 0.4) is 0 Å². The molecule has 0 saturated heterocycles. The van der Waals surface area contributed by atoms with E-state index in [0.717, 1.165) is 0 Å². The van der Waals surface area contributed by atoms with Gasteiger partial charge in [-0.1, -0.05) is 0 Å². The van der Waals surface area contributed by atoms with Crippen molar-refractivity contribution in [2.45, 2.75) is 0 Å². The molecule has 2 N–H and O–H groups in total. The zero-order chi connectivity index (χ0) is 8.08. The minimum Gasteiger partial charge on any atom is -0.759 e. The fraction of sp³-hybridized carbons (Fsp3) is 0. The number of hydrogen-bond donors (Lipinski definition) is 0. The first-order chi connectivity index (χ1) is 3.73. The van der Waals surface area contributed by atoms with Gasteiger partial charge < -0.3 is 29.6 Å². The van der Waals surface area contributed by atoms with Crippen molar-refractivity contribution >= 4 is 16.6 Å². The molecule has 0 aliphatic rings. The Balaban J connectivity index is -0.0000000104. The summed E-state index contributed by atoms with van der Waals surface area (Å²) in [4.78, 5) is 8.33. The van der Waals surface area contributed by atoms with Crippen molar-refractivity contribution in [3.05, 3.63) is 0 Å². The van der Waals surface area contributed by atoms with E-state index in [9.17, 15) is 0 Å². The van der Waals surface area contributed by atoms with E-state index in [1.165, 1.54) is 0 Å². The van der Waals surface area contributed by atoms with Gasteiger partial charge in [-0.2, -0.15) is 0 Å². The third-order valence-corrected chi connectivity index (χ3v) is 0. The summed E-state index contributed by atoms with van der Waals surface area (Å²) in [7, 11) is -5.17. The van der Waals surface area contributed by atoms with Crippen LogP contribution in [-0.2, 0) is 10.4 Å². The molecule has 14 heavy (non-hydrogen) atoms. The topological polar surface area (TPSA) is 175 Å². The van der Waals surface area contributed by atoms with Gasteiger partial charge in [0, 0.05) is 10.4 Å². The molecule has 0 aromatic heterocycles. The van der Waals surface area contributed by atoms with E-state index in [1.54, 1.807) is 0 Å². The molecule has 13 heteroatoms. The van der Waals surface area contributed by atoms with Crippen molar-refractivity contribution in [1.29, 1.82) is 0 Å². The molecule has 0 heterocycles. The Labute approximate surface area is 169 Å². The predicted octanol–water partition coefficient (Wildman–Crippen LogP) is -16.6. The molecule has 0 saturated carbocycles. The molecule has 0 aromatic rings. The van der Waals surface area contributed by atoms with E-state index >= 15 is 0 Å². The van der Waals surface area contributed by atoms with Gasteiger partial charge in [0.2, 0.25) is 0 Å². The SMILES string of the molecule is O.O=C([O-])[O-].O=S(=O)([O-])[O-].[Na+].[Na+].[Na+].[Na+]. The zero-order valence-corrected chi connectivity index (χ0v) is 17.1. The van der Waals surface area contributed by atoms with Gasteiger partial charge in [-0.15, -0.1) is 0 Å². The molecule has 0 bridgehead atoms. The first-order valence-electron chi connectivity index (χ1n) is 1.28. The molecule has 0 aliphatic heterocycles. The molecule has 0 rings (SSSR count). The average Bonchev–Trinajstić information content (AvgIpc) is 1.19. The Hall–Kier alpha value is 3.10. The van der Waals surface area contributed by atoms with Gasteiger partial charge in [-0.25, -0.2) is 0 Å². The third kappa shape index (κ3) is 312. The van der Waals surface area contributed by atoms with Crippen LogP contribution in [0.25, 0.3) is 0 Å². The van der Waals surface area contributed by atoms with Gasteiger partial charge in [0.25, 0.3) is 0 Å². The van der Waals surface area contributed by atoms with E-state index in [1.807, 2.05) is 0 Å². The van der Waals surface area contributed by atoms with Gasteiger partial charge in [-0.3, -0.25) is 8.42 Å². The molecule has 0 atom stereocenters. The molecule has 0 radical (unpaired) electrons. The first kappa shape index (κ1) is 43.5. The Morgan fingerprint density at radius 1 is 0.857 bits per heavy atom. The van der Waals surface area contributed by atoms with Crippen LogP contribution in [0, 0.1) is 0 Å². The zero-order valence-electron chi connectivity index (χ0n) is 8.27. The predicted molar refractivity (Wildman–Crippen MR) is 19.5 cm³/mol. The van der Waals surface area contributed by atoms with Gasteiger partial charge in [0.05, 0.1) is 0 Å². The van der Waals surface area contributed by atoms with Gasteiger partial charge in [-0.05, 0) is 6.16 Å². The van der Waals surface area contributed by atoms with Crippen LogP contribution in [-0.4, -0.2) is 29.2 Å². The molecule has 64 valence electrons. The monoisotopic (exact) mass is 266 g/mol. The van der Waals surface area contributed by atoms with Gasteiger partial charge >= 0.3 is 118 Å². The Morgan fingerprint density at radius 3 is 0.857 bits per heavy atom. The van der Waals surface area contributed by atoms with Crippen molar-refractivity contribution in [2.24, 2.45) is 0 Å². The molecule has 0 aromatic carbocycles. The second kappa shape index (κ2) is 25.1. The number of rotatable bonds is 0. The van der Waals surface area contributed by atoms with Crippen molar-refractivity contribution in [1.82, 2.24) is 0 Å². The molecule has 0 aliphatic carbocycles. The van der Waals surface area contributed by atoms with Crippen LogP contribution in [0.2, 0.25) is 0 Å². The summed E-state index contributed by atoms with van der Waals surface area (Å²) in [5.74, 6) is 0. The maximum atomic E-state index is 8.52. The first-order valence-corrected chi connectivity index (χ1v) is 2.61. The maximum absolute atomic E-state index is 8.52. The molecule has 0 spiro atoms. The summed E-state index contributed by atoms with van der Waals surface area (Å²) >= 11 is 0. The summed E-state index contributed by atoms with van der Waals surface area (Å²) < 4.78 is 34.1. The quantitative estimate of drug-likeness (QED) is 0.237. The smallest absolute Gasteiger partial charge is 0.759 e. The number of hydrogen-bond acceptors (Lipinski definition) is 7. The largest absolute Gasteiger partial charge is 1.00 e. The number of carbonyl (C=O) groups is 1. The van der Waals surface area contributed by atoms with E-state index in [-0.39, 0.29) is 124 Å². The summed E-state index contributed by atoms with van der Waals surface area (Å²) in [5, 5.41) is 16.7. The van der Waals surface area contributed by atoms with Crippen LogP contribution in [0.1, 0.15) is 0 Å². The molecular weight excluding hydrogens is 264 g/mol. The minimum atomic E-state index is -5.17. The van der Waals surface area contributed by atoms with E-state index < -0.39 is 16.6 Å². The van der Waals surface area contributed by atoms with Crippen LogP contribution in [0.5, 0.6) is 0 Å². The van der Waals surface area contributed by atoms with Crippen molar-refractivity contribution < 1.29 is 156 Å². The normalized spacial score (nSPS) is 5.86. The van der Waals surface area contributed by atoms with Crippen LogP contribution in [0.15, 0.2) is 0 Å². The van der Waals surface area contributed by atoms with Crippen molar-refractivity contribution in [2.75, 3.05) is 0 Å².